The molecule has 0 atom stereocenters. The zero-order chi connectivity index (χ0) is 15.6. The van der Waals surface area contributed by atoms with E-state index in [0.717, 1.165) is 19.4 Å². The summed E-state index contributed by atoms with van der Waals surface area (Å²) in [5.74, 6) is 0.582. The van der Waals surface area contributed by atoms with E-state index in [0.29, 0.717) is 5.92 Å². The lowest BCUT2D eigenvalue weighted by Gasteiger charge is -2.25. The molecule has 0 bridgehead atoms. The predicted molar refractivity (Wildman–Crippen MR) is 90.4 cm³/mol. The Labute approximate surface area is 126 Å². The second kappa shape index (κ2) is 6.30. The van der Waals surface area contributed by atoms with Crippen LogP contribution in [0, 0.1) is 5.41 Å². The van der Waals surface area contributed by atoms with E-state index < -0.39 is 0 Å². The van der Waals surface area contributed by atoms with Gasteiger partial charge in [0.2, 0.25) is 0 Å². The quantitative estimate of drug-likeness (QED) is 0.801. The van der Waals surface area contributed by atoms with Gasteiger partial charge in [-0.1, -0.05) is 66.7 Å². The first kappa shape index (κ1) is 17.2. The SMILES string of the molecule is CC(C)c1cc(CCC(C)(C)CN)cc(C(C)(C)C)c1. The highest BCUT2D eigenvalue weighted by molar-refractivity contribution is 5.35. The van der Waals surface area contributed by atoms with Crippen molar-refractivity contribution in [1.29, 1.82) is 0 Å². The smallest absolute Gasteiger partial charge is 0.00257 e. The van der Waals surface area contributed by atoms with Crippen LogP contribution in [0.15, 0.2) is 18.2 Å². The molecular weight excluding hydrogens is 242 g/mol. The van der Waals surface area contributed by atoms with Gasteiger partial charge in [0.05, 0.1) is 0 Å². The topological polar surface area (TPSA) is 26.0 Å². The second-order valence-corrected chi connectivity index (χ2v) is 8.24. The molecule has 1 rings (SSSR count). The molecule has 0 spiro atoms. The number of nitrogens with two attached hydrogens (primary N) is 1. The molecule has 0 saturated heterocycles. The number of hydrogen-bond acceptors (Lipinski definition) is 1. The highest BCUT2D eigenvalue weighted by atomic mass is 14.6. The molecule has 0 fully saturated rings. The molecule has 0 aliphatic heterocycles. The lowest BCUT2D eigenvalue weighted by atomic mass is 9.81. The molecular formula is C19H33N. The Morgan fingerprint density at radius 1 is 1.00 bits per heavy atom. The summed E-state index contributed by atoms with van der Waals surface area (Å²) < 4.78 is 0. The molecule has 0 saturated carbocycles. The molecule has 114 valence electrons. The van der Waals surface area contributed by atoms with Gasteiger partial charge in [0.15, 0.2) is 0 Å². The summed E-state index contributed by atoms with van der Waals surface area (Å²) in [6, 6.07) is 7.15. The Hall–Kier alpha value is -0.820. The average Bonchev–Trinajstić information content (AvgIpc) is 2.35. The highest BCUT2D eigenvalue weighted by Crippen LogP contribution is 2.29. The first-order valence-electron chi connectivity index (χ1n) is 7.89. The summed E-state index contributed by atoms with van der Waals surface area (Å²) in [7, 11) is 0. The van der Waals surface area contributed by atoms with Gasteiger partial charge >= 0.3 is 0 Å². The Bertz CT molecular complexity index is 436. The molecule has 1 aromatic rings. The van der Waals surface area contributed by atoms with Crippen LogP contribution >= 0.6 is 0 Å². The summed E-state index contributed by atoms with van der Waals surface area (Å²) in [5, 5.41) is 0. The third kappa shape index (κ3) is 4.94. The fraction of sp³-hybridized carbons (Fsp3) is 0.684. The Kier molecular flexibility index (Phi) is 5.43. The van der Waals surface area contributed by atoms with Crippen molar-refractivity contribution < 1.29 is 0 Å². The molecule has 0 radical (unpaired) electrons. The molecule has 1 heteroatoms. The maximum absolute atomic E-state index is 5.85. The van der Waals surface area contributed by atoms with Gasteiger partial charge < -0.3 is 5.73 Å². The fourth-order valence-corrected chi connectivity index (χ4v) is 2.21. The summed E-state index contributed by atoms with van der Waals surface area (Å²) in [4.78, 5) is 0. The standard InChI is InChI=1S/C19H33N/c1-14(2)16-10-15(8-9-19(6,7)13-20)11-17(12-16)18(3,4)5/h10-12,14H,8-9,13,20H2,1-7H3. The number of rotatable bonds is 5. The fourth-order valence-electron chi connectivity index (χ4n) is 2.21. The zero-order valence-electron chi connectivity index (χ0n) is 14.5. The maximum atomic E-state index is 5.85. The van der Waals surface area contributed by atoms with E-state index in [1.807, 2.05) is 0 Å². The molecule has 0 unspecified atom stereocenters. The monoisotopic (exact) mass is 275 g/mol. The van der Waals surface area contributed by atoms with E-state index >= 15 is 0 Å². The van der Waals surface area contributed by atoms with E-state index in [-0.39, 0.29) is 10.8 Å². The van der Waals surface area contributed by atoms with Gasteiger partial charge in [-0.3, -0.25) is 0 Å². The van der Waals surface area contributed by atoms with Gasteiger partial charge in [-0.25, -0.2) is 0 Å². The summed E-state index contributed by atoms with van der Waals surface area (Å²) in [6.07, 6.45) is 2.27. The maximum Gasteiger partial charge on any atom is -0.00257 e. The van der Waals surface area contributed by atoms with E-state index in [9.17, 15) is 0 Å². The van der Waals surface area contributed by atoms with Crippen LogP contribution in [-0.4, -0.2) is 6.54 Å². The van der Waals surface area contributed by atoms with Crippen LogP contribution in [0.2, 0.25) is 0 Å². The highest BCUT2D eigenvalue weighted by Gasteiger charge is 2.18. The summed E-state index contributed by atoms with van der Waals surface area (Å²) in [6.45, 7) is 16.7. The molecule has 1 nitrogen and oxygen atoms in total. The summed E-state index contributed by atoms with van der Waals surface area (Å²) >= 11 is 0. The third-order valence-electron chi connectivity index (χ3n) is 4.19. The van der Waals surface area contributed by atoms with Crippen molar-refractivity contribution in [3.63, 3.8) is 0 Å². The minimum atomic E-state index is 0.211. The van der Waals surface area contributed by atoms with E-state index in [2.05, 4.69) is 66.7 Å². The van der Waals surface area contributed by atoms with E-state index in [1.165, 1.54) is 16.7 Å². The van der Waals surface area contributed by atoms with Crippen LogP contribution in [0.25, 0.3) is 0 Å². The minimum Gasteiger partial charge on any atom is -0.330 e. The molecule has 20 heavy (non-hydrogen) atoms. The molecule has 0 aliphatic rings. The first-order valence-corrected chi connectivity index (χ1v) is 7.89. The van der Waals surface area contributed by atoms with Crippen LogP contribution in [0.5, 0.6) is 0 Å². The molecule has 1 aromatic carbocycles. The molecule has 0 aromatic heterocycles. The zero-order valence-corrected chi connectivity index (χ0v) is 14.5. The molecule has 0 aliphatic carbocycles. The van der Waals surface area contributed by atoms with Crippen LogP contribution in [-0.2, 0) is 11.8 Å². The second-order valence-electron chi connectivity index (χ2n) is 8.24. The minimum absolute atomic E-state index is 0.211. The predicted octanol–water partition coefficient (Wildman–Crippen LogP) is 5.03. The van der Waals surface area contributed by atoms with E-state index in [4.69, 9.17) is 5.73 Å². The van der Waals surface area contributed by atoms with Crippen molar-refractivity contribution in [3.05, 3.63) is 34.9 Å². The molecule has 0 amide bonds. The number of hydrogen-bond donors (Lipinski definition) is 1. The van der Waals surface area contributed by atoms with Gasteiger partial charge in [0.1, 0.15) is 0 Å². The van der Waals surface area contributed by atoms with Crippen molar-refractivity contribution in [1.82, 2.24) is 0 Å². The van der Waals surface area contributed by atoms with Crippen molar-refractivity contribution in [3.8, 4) is 0 Å². The van der Waals surface area contributed by atoms with Gasteiger partial charge in [0, 0.05) is 0 Å². The summed E-state index contributed by atoms with van der Waals surface area (Å²) in [5.41, 5.74) is 10.7. The van der Waals surface area contributed by atoms with Gasteiger partial charge in [-0.15, -0.1) is 0 Å². The number of benzene rings is 1. The lowest BCUT2D eigenvalue weighted by Crippen LogP contribution is -2.24. The Morgan fingerprint density at radius 3 is 2.05 bits per heavy atom. The van der Waals surface area contributed by atoms with Crippen molar-refractivity contribution >= 4 is 0 Å². The Balaban J connectivity index is 3.04. The first-order chi connectivity index (χ1) is 9.05. The van der Waals surface area contributed by atoms with Crippen molar-refractivity contribution in [2.75, 3.05) is 6.54 Å². The van der Waals surface area contributed by atoms with Gasteiger partial charge in [-0.2, -0.15) is 0 Å². The van der Waals surface area contributed by atoms with Crippen molar-refractivity contribution in [2.24, 2.45) is 11.1 Å². The normalized spacial score (nSPS) is 13.1. The average molecular weight is 275 g/mol. The Morgan fingerprint density at radius 2 is 1.60 bits per heavy atom. The van der Waals surface area contributed by atoms with Crippen LogP contribution < -0.4 is 5.73 Å². The molecule has 0 heterocycles. The van der Waals surface area contributed by atoms with Crippen LogP contribution in [0.3, 0.4) is 0 Å². The third-order valence-corrected chi connectivity index (χ3v) is 4.19. The van der Waals surface area contributed by atoms with E-state index in [1.54, 1.807) is 0 Å². The van der Waals surface area contributed by atoms with Crippen LogP contribution in [0.1, 0.15) is 77.5 Å². The number of aryl methyl sites for hydroxylation is 1. The van der Waals surface area contributed by atoms with Crippen LogP contribution in [0.4, 0.5) is 0 Å². The van der Waals surface area contributed by atoms with Crippen molar-refractivity contribution in [2.45, 2.75) is 72.6 Å². The largest absolute Gasteiger partial charge is 0.330 e. The van der Waals surface area contributed by atoms with Gasteiger partial charge in [-0.05, 0) is 52.8 Å². The van der Waals surface area contributed by atoms with Gasteiger partial charge in [0.25, 0.3) is 0 Å². The molecule has 2 N–H and O–H groups in total. The lowest BCUT2D eigenvalue weighted by molar-refractivity contribution is 0.348.